The van der Waals surface area contributed by atoms with Gasteiger partial charge in [0.15, 0.2) is 0 Å². The van der Waals surface area contributed by atoms with Crippen LogP contribution in [0.25, 0.3) is 0 Å². The second-order valence-electron chi connectivity index (χ2n) is 4.25. The van der Waals surface area contributed by atoms with E-state index in [1.54, 1.807) is 0 Å². The summed E-state index contributed by atoms with van der Waals surface area (Å²) in [6, 6.07) is 0. The number of aliphatic hydroxyl groups excluding tert-OH is 1. The molecule has 0 spiro atoms. The SMILES string of the molecule is C.CC1=CC1CNC(=O)CCCC(=O)NCCO. The van der Waals surface area contributed by atoms with E-state index in [2.05, 4.69) is 16.7 Å². The molecular formula is C13H24N2O3. The van der Waals surface area contributed by atoms with Gasteiger partial charge < -0.3 is 15.7 Å². The fourth-order valence-electron chi connectivity index (χ4n) is 1.49. The van der Waals surface area contributed by atoms with Crippen molar-refractivity contribution in [2.24, 2.45) is 5.92 Å². The van der Waals surface area contributed by atoms with Gasteiger partial charge in [0.1, 0.15) is 0 Å². The third kappa shape index (κ3) is 7.06. The summed E-state index contributed by atoms with van der Waals surface area (Å²) in [4.78, 5) is 22.5. The fraction of sp³-hybridized carbons (Fsp3) is 0.692. The first kappa shape index (κ1) is 16.6. The van der Waals surface area contributed by atoms with Crippen molar-refractivity contribution in [3.05, 3.63) is 11.6 Å². The first-order valence-corrected chi connectivity index (χ1v) is 5.96. The first-order chi connectivity index (χ1) is 8.13. The highest BCUT2D eigenvalue weighted by atomic mass is 16.3. The second-order valence-corrected chi connectivity index (χ2v) is 4.25. The van der Waals surface area contributed by atoms with E-state index in [0.717, 1.165) is 0 Å². The van der Waals surface area contributed by atoms with Crippen molar-refractivity contribution in [2.45, 2.75) is 33.6 Å². The Morgan fingerprint density at radius 1 is 1.28 bits per heavy atom. The van der Waals surface area contributed by atoms with Crippen LogP contribution in [0.4, 0.5) is 0 Å². The highest BCUT2D eigenvalue weighted by molar-refractivity contribution is 5.78. The lowest BCUT2D eigenvalue weighted by Gasteiger charge is -2.05. The summed E-state index contributed by atoms with van der Waals surface area (Å²) in [5.41, 5.74) is 1.33. The lowest BCUT2D eigenvalue weighted by atomic mass is 10.2. The Kier molecular flexibility index (Phi) is 8.03. The molecule has 1 unspecified atom stereocenters. The van der Waals surface area contributed by atoms with Gasteiger partial charge in [0.25, 0.3) is 0 Å². The van der Waals surface area contributed by atoms with Gasteiger partial charge in [-0.2, -0.15) is 0 Å². The number of hydrogen-bond acceptors (Lipinski definition) is 3. The molecule has 5 heteroatoms. The molecule has 0 saturated carbocycles. The number of nitrogens with one attached hydrogen (secondary N) is 2. The molecule has 2 amide bonds. The summed E-state index contributed by atoms with van der Waals surface area (Å²) in [7, 11) is 0. The monoisotopic (exact) mass is 256 g/mol. The molecule has 0 radical (unpaired) electrons. The molecule has 1 atom stereocenters. The van der Waals surface area contributed by atoms with Crippen molar-refractivity contribution in [3.63, 3.8) is 0 Å². The lowest BCUT2D eigenvalue weighted by molar-refractivity contribution is -0.122. The Hall–Kier alpha value is -1.36. The largest absolute Gasteiger partial charge is 0.395 e. The van der Waals surface area contributed by atoms with Gasteiger partial charge in [0, 0.05) is 31.8 Å². The minimum absolute atomic E-state index is 0. The van der Waals surface area contributed by atoms with Gasteiger partial charge >= 0.3 is 0 Å². The molecule has 18 heavy (non-hydrogen) atoms. The van der Waals surface area contributed by atoms with E-state index in [1.807, 2.05) is 6.92 Å². The Balaban J connectivity index is 0.00000289. The highest BCUT2D eigenvalue weighted by Gasteiger charge is 2.19. The quantitative estimate of drug-likeness (QED) is 0.556. The zero-order chi connectivity index (χ0) is 12.7. The van der Waals surface area contributed by atoms with Gasteiger partial charge in [-0.05, 0) is 13.3 Å². The van der Waals surface area contributed by atoms with Crippen LogP contribution in [0.3, 0.4) is 0 Å². The topological polar surface area (TPSA) is 78.4 Å². The maximum atomic E-state index is 11.4. The zero-order valence-electron chi connectivity index (χ0n) is 10.2. The summed E-state index contributed by atoms with van der Waals surface area (Å²) < 4.78 is 0. The third-order valence-corrected chi connectivity index (χ3v) is 2.70. The number of rotatable bonds is 8. The minimum atomic E-state index is -0.119. The van der Waals surface area contributed by atoms with Crippen LogP contribution in [-0.2, 0) is 9.59 Å². The van der Waals surface area contributed by atoms with Crippen molar-refractivity contribution in [3.8, 4) is 0 Å². The Morgan fingerprint density at radius 3 is 2.33 bits per heavy atom. The second kappa shape index (κ2) is 8.69. The summed E-state index contributed by atoms with van der Waals surface area (Å²) in [6.45, 7) is 2.95. The first-order valence-electron chi connectivity index (χ1n) is 5.96. The summed E-state index contributed by atoms with van der Waals surface area (Å²) in [6.07, 6.45) is 3.36. The fourth-order valence-corrected chi connectivity index (χ4v) is 1.49. The Bertz CT molecular complexity index is 313. The van der Waals surface area contributed by atoms with Crippen molar-refractivity contribution in [1.29, 1.82) is 0 Å². The van der Waals surface area contributed by atoms with Crippen LogP contribution in [0.5, 0.6) is 0 Å². The molecule has 1 aliphatic carbocycles. The molecule has 1 rings (SSSR count). The van der Waals surface area contributed by atoms with Gasteiger partial charge in [0.05, 0.1) is 6.61 Å². The Morgan fingerprint density at radius 2 is 1.83 bits per heavy atom. The van der Waals surface area contributed by atoms with Gasteiger partial charge in [-0.15, -0.1) is 0 Å². The van der Waals surface area contributed by atoms with E-state index in [4.69, 9.17) is 5.11 Å². The molecule has 0 bridgehead atoms. The van der Waals surface area contributed by atoms with Crippen LogP contribution in [0.1, 0.15) is 33.6 Å². The molecular weight excluding hydrogens is 232 g/mol. The van der Waals surface area contributed by atoms with E-state index < -0.39 is 0 Å². The molecule has 5 nitrogen and oxygen atoms in total. The van der Waals surface area contributed by atoms with Crippen molar-refractivity contribution in [1.82, 2.24) is 10.6 Å². The molecule has 0 aromatic carbocycles. The van der Waals surface area contributed by atoms with Crippen LogP contribution in [0.2, 0.25) is 0 Å². The summed E-state index contributed by atoms with van der Waals surface area (Å²) >= 11 is 0. The van der Waals surface area contributed by atoms with Crippen molar-refractivity contribution >= 4 is 11.8 Å². The normalized spacial score (nSPS) is 16.3. The molecule has 104 valence electrons. The molecule has 3 N–H and O–H groups in total. The molecule has 0 aliphatic heterocycles. The summed E-state index contributed by atoms with van der Waals surface area (Å²) in [5, 5.41) is 13.9. The predicted octanol–water partition coefficient (Wildman–Crippen LogP) is 0.594. The van der Waals surface area contributed by atoms with Crippen molar-refractivity contribution < 1.29 is 14.7 Å². The number of aliphatic hydroxyl groups is 1. The summed E-state index contributed by atoms with van der Waals surface area (Å²) in [5.74, 6) is 0.325. The predicted molar refractivity (Wildman–Crippen MR) is 70.9 cm³/mol. The number of carbonyl (C=O) groups is 2. The third-order valence-electron chi connectivity index (χ3n) is 2.70. The molecule has 0 aromatic heterocycles. The van der Waals surface area contributed by atoms with Gasteiger partial charge in [-0.1, -0.05) is 19.1 Å². The van der Waals surface area contributed by atoms with E-state index >= 15 is 0 Å². The maximum absolute atomic E-state index is 11.4. The Labute approximate surface area is 109 Å². The average Bonchev–Trinajstić information content (AvgIpc) is 3.00. The van der Waals surface area contributed by atoms with Crippen LogP contribution >= 0.6 is 0 Å². The average molecular weight is 256 g/mol. The maximum Gasteiger partial charge on any atom is 0.220 e. The van der Waals surface area contributed by atoms with Crippen molar-refractivity contribution in [2.75, 3.05) is 19.7 Å². The smallest absolute Gasteiger partial charge is 0.220 e. The van der Waals surface area contributed by atoms with E-state index in [1.165, 1.54) is 5.57 Å². The van der Waals surface area contributed by atoms with E-state index in [-0.39, 0.29) is 32.4 Å². The van der Waals surface area contributed by atoms with E-state index in [9.17, 15) is 9.59 Å². The highest BCUT2D eigenvalue weighted by Crippen LogP contribution is 2.26. The number of carbonyl (C=O) groups excluding carboxylic acids is 2. The van der Waals surface area contributed by atoms with Crippen LogP contribution in [0.15, 0.2) is 11.6 Å². The number of hydrogen-bond donors (Lipinski definition) is 3. The van der Waals surface area contributed by atoms with Gasteiger partial charge in [-0.25, -0.2) is 0 Å². The molecule has 0 saturated heterocycles. The van der Waals surface area contributed by atoms with Gasteiger partial charge in [0.2, 0.25) is 11.8 Å². The standard InChI is InChI=1S/C12H20N2O3.CH4/c1-9-7-10(9)8-14-12(17)4-2-3-11(16)13-5-6-15;/h7,10,15H,2-6,8H2,1H3,(H,13,16)(H,14,17);1H4. The molecule has 0 heterocycles. The zero-order valence-corrected chi connectivity index (χ0v) is 10.2. The minimum Gasteiger partial charge on any atom is -0.395 e. The van der Waals surface area contributed by atoms with Gasteiger partial charge in [-0.3, -0.25) is 9.59 Å². The van der Waals surface area contributed by atoms with E-state index in [0.29, 0.717) is 31.7 Å². The lowest BCUT2D eigenvalue weighted by Crippen LogP contribution is -2.28. The van der Waals surface area contributed by atoms with Crippen LogP contribution in [-0.4, -0.2) is 36.6 Å². The molecule has 1 aliphatic rings. The number of amides is 2. The van der Waals surface area contributed by atoms with Crippen LogP contribution < -0.4 is 10.6 Å². The molecule has 0 aromatic rings. The molecule has 0 fully saturated rings. The van der Waals surface area contributed by atoms with Crippen LogP contribution in [0, 0.1) is 5.92 Å².